The molecule has 2 N–H and O–H groups in total. The van der Waals surface area contributed by atoms with Crippen LogP contribution in [0, 0.1) is 0 Å². The molecule has 1 aliphatic heterocycles. The van der Waals surface area contributed by atoms with Crippen LogP contribution >= 0.6 is 0 Å². The number of nitrogens with one attached hydrogen (secondary N) is 2. The topological polar surface area (TPSA) is 83.9 Å². The molecule has 1 saturated heterocycles. The third-order valence-electron chi connectivity index (χ3n) is 7.69. The zero-order valence-corrected chi connectivity index (χ0v) is 22.5. The number of para-hydroxylation sites is 1. The average molecular weight is 530 g/mol. The molecule has 4 heterocycles. The predicted octanol–water partition coefficient (Wildman–Crippen LogP) is 6.70. The third kappa shape index (κ3) is 4.56. The first kappa shape index (κ1) is 24.4. The van der Waals surface area contributed by atoms with Crippen LogP contribution in [0.25, 0.3) is 38.8 Å². The molecule has 8 heteroatoms. The molecule has 7 rings (SSSR count). The van der Waals surface area contributed by atoms with E-state index >= 15 is 0 Å². The third-order valence-corrected chi connectivity index (χ3v) is 7.69. The number of H-pyrrole nitrogens is 1. The van der Waals surface area contributed by atoms with Gasteiger partial charge in [-0.05, 0) is 79.5 Å². The van der Waals surface area contributed by atoms with Crippen molar-refractivity contribution in [3.05, 3.63) is 90.8 Å². The first-order chi connectivity index (χ1) is 19.8. The van der Waals surface area contributed by atoms with Crippen molar-refractivity contribution in [3.63, 3.8) is 0 Å². The van der Waals surface area contributed by atoms with Gasteiger partial charge in [0.25, 0.3) is 0 Å². The van der Waals surface area contributed by atoms with Gasteiger partial charge < -0.3 is 10.1 Å². The number of benzene rings is 3. The Labute approximate surface area is 232 Å². The maximum atomic E-state index is 5.58. The van der Waals surface area contributed by atoms with Crippen LogP contribution in [0.1, 0.15) is 24.8 Å². The van der Waals surface area contributed by atoms with E-state index in [1.54, 1.807) is 13.3 Å². The van der Waals surface area contributed by atoms with Crippen molar-refractivity contribution in [1.29, 1.82) is 0 Å². The summed E-state index contributed by atoms with van der Waals surface area (Å²) in [5.41, 5.74) is 7.20. The summed E-state index contributed by atoms with van der Waals surface area (Å²) in [6.07, 6.45) is 7.46. The van der Waals surface area contributed by atoms with Crippen molar-refractivity contribution in [1.82, 2.24) is 29.6 Å². The maximum absolute atomic E-state index is 5.58. The lowest BCUT2D eigenvalue weighted by atomic mass is 10.0. The summed E-state index contributed by atoms with van der Waals surface area (Å²) < 4.78 is 7.74. The van der Waals surface area contributed by atoms with Crippen molar-refractivity contribution in [3.8, 4) is 22.6 Å². The van der Waals surface area contributed by atoms with Gasteiger partial charge in [-0.2, -0.15) is 5.10 Å². The fraction of sp³-hybridized carbons (Fsp3) is 0.219. The number of imidazole rings is 1. The highest BCUT2D eigenvalue weighted by Gasteiger charge is 2.18. The summed E-state index contributed by atoms with van der Waals surface area (Å²) in [6, 6.07) is 25.0. The molecule has 8 nitrogen and oxygen atoms in total. The molecular formula is C32H31N7O. The lowest BCUT2D eigenvalue weighted by molar-refractivity contribution is 0.221. The molecule has 40 heavy (non-hydrogen) atoms. The second-order valence-electron chi connectivity index (χ2n) is 10.3. The minimum absolute atomic E-state index is 0.709. The van der Waals surface area contributed by atoms with Gasteiger partial charge in [-0.3, -0.25) is 19.5 Å². The number of aromatic amines is 1. The van der Waals surface area contributed by atoms with Crippen LogP contribution in [0.3, 0.4) is 0 Å². The van der Waals surface area contributed by atoms with Gasteiger partial charge in [0.2, 0.25) is 5.95 Å². The van der Waals surface area contributed by atoms with Gasteiger partial charge in [-0.25, -0.2) is 4.98 Å². The van der Waals surface area contributed by atoms with Crippen LogP contribution < -0.4 is 10.1 Å². The minimum atomic E-state index is 0.709. The van der Waals surface area contributed by atoms with Gasteiger partial charge in [-0.15, -0.1) is 0 Å². The molecule has 0 saturated carbocycles. The van der Waals surface area contributed by atoms with Gasteiger partial charge >= 0.3 is 0 Å². The molecule has 3 aromatic carbocycles. The van der Waals surface area contributed by atoms with Crippen LogP contribution in [-0.4, -0.2) is 49.8 Å². The highest BCUT2D eigenvalue weighted by molar-refractivity contribution is 5.95. The summed E-state index contributed by atoms with van der Waals surface area (Å²) in [7, 11) is 1.67. The molecule has 0 atom stereocenters. The van der Waals surface area contributed by atoms with E-state index in [1.165, 1.54) is 37.9 Å². The van der Waals surface area contributed by atoms with Gasteiger partial charge in [0.1, 0.15) is 5.75 Å². The summed E-state index contributed by atoms with van der Waals surface area (Å²) >= 11 is 0. The molecule has 0 amide bonds. The highest BCUT2D eigenvalue weighted by Crippen LogP contribution is 2.34. The maximum Gasteiger partial charge on any atom is 0.214 e. The standard InChI is InChI=1S/C32H31N7O/c1-40-30-14-15-33-20-26(30)23-11-12-27-25(19-23)31(37-36-27)35-32-34-28-18-22(21-38-16-6-3-7-17-38)10-13-29(28)39(32)24-8-4-2-5-9-24/h2,4-5,8-15,18-20H,3,6-7,16-17,21H2,1H3,(H2,34,35,36,37). The molecule has 0 aliphatic carbocycles. The number of hydrogen-bond acceptors (Lipinski definition) is 6. The Bertz CT molecular complexity index is 1780. The normalized spacial score (nSPS) is 14.1. The average Bonchev–Trinajstić information content (AvgIpc) is 3.58. The van der Waals surface area contributed by atoms with E-state index in [0.717, 1.165) is 51.0 Å². The van der Waals surface area contributed by atoms with E-state index < -0.39 is 0 Å². The Morgan fingerprint density at radius 3 is 2.67 bits per heavy atom. The summed E-state index contributed by atoms with van der Waals surface area (Å²) in [4.78, 5) is 11.9. The van der Waals surface area contributed by atoms with Crippen LogP contribution in [0.5, 0.6) is 5.75 Å². The van der Waals surface area contributed by atoms with Crippen LogP contribution in [0.2, 0.25) is 0 Å². The number of aromatic nitrogens is 5. The second-order valence-corrected chi connectivity index (χ2v) is 10.3. The number of rotatable bonds is 7. The van der Waals surface area contributed by atoms with Crippen LogP contribution in [0.4, 0.5) is 11.8 Å². The first-order valence-corrected chi connectivity index (χ1v) is 13.8. The zero-order valence-electron chi connectivity index (χ0n) is 22.5. The molecule has 1 fully saturated rings. The van der Waals surface area contributed by atoms with Gasteiger partial charge in [0, 0.05) is 35.6 Å². The molecule has 0 bridgehead atoms. The van der Waals surface area contributed by atoms with Crippen LogP contribution in [0.15, 0.2) is 85.2 Å². The largest absolute Gasteiger partial charge is 0.496 e. The zero-order chi connectivity index (χ0) is 26.9. The number of hydrogen-bond donors (Lipinski definition) is 2. The predicted molar refractivity (Wildman–Crippen MR) is 159 cm³/mol. The number of nitrogens with zero attached hydrogens (tertiary/aromatic N) is 5. The fourth-order valence-corrected chi connectivity index (χ4v) is 5.68. The summed E-state index contributed by atoms with van der Waals surface area (Å²) in [6.45, 7) is 3.30. The number of anilines is 2. The lowest BCUT2D eigenvalue weighted by Crippen LogP contribution is -2.29. The second kappa shape index (κ2) is 10.5. The Hall–Kier alpha value is -4.69. The Balaban J connectivity index is 1.29. The van der Waals surface area contributed by atoms with Crippen molar-refractivity contribution >= 4 is 33.7 Å². The SMILES string of the molecule is COc1ccncc1-c1ccc2[nH]nc(Nc3nc4cc(CN5CCCCC5)ccc4n3-c3ccccc3)c2c1. The molecular weight excluding hydrogens is 498 g/mol. The summed E-state index contributed by atoms with van der Waals surface area (Å²) in [5.74, 6) is 2.20. The number of likely N-dealkylation sites (tertiary alicyclic amines) is 1. The van der Waals surface area contributed by atoms with Gasteiger partial charge in [0.15, 0.2) is 5.82 Å². The molecule has 6 aromatic rings. The summed E-state index contributed by atoms with van der Waals surface area (Å²) in [5, 5.41) is 12.3. The van der Waals surface area contributed by atoms with E-state index in [-0.39, 0.29) is 0 Å². The first-order valence-electron chi connectivity index (χ1n) is 13.8. The number of pyridine rings is 1. The highest BCUT2D eigenvalue weighted by atomic mass is 16.5. The van der Waals surface area contributed by atoms with Crippen molar-refractivity contribution in [2.45, 2.75) is 25.8 Å². The number of ether oxygens (including phenoxy) is 1. The smallest absolute Gasteiger partial charge is 0.214 e. The fourth-order valence-electron chi connectivity index (χ4n) is 5.68. The van der Waals surface area contributed by atoms with E-state index in [0.29, 0.717) is 11.8 Å². The van der Waals surface area contributed by atoms with E-state index in [4.69, 9.17) is 9.72 Å². The van der Waals surface area contributed by atoms with Crippen molar-refractivity contribution in [2.75, 3.05) is 25.5 Å². The van der Waals surface area contributed by atoms with Crippen LogP contribution in [-0.2, 0) is 6.54 Å². The Morgan fingerprint density at radius 1 is 0.950 bits per heavy atom. The lowest BCUT2D eigenvalue weighted by Gasteiger charge is -2.26. The van der Waals surface area contributed by atoms with Gasteiger partial charge in [0.05, 0.1) is 23.7 Å². The van der Waals surface area contributed by atoms with E-state index in [1.807, 2.05) is 42.6 Å². The minimum Gasteiger partial charge on any atom is -0.496 e. The van der Waals surface area contributed by atoms with Crippen molar-refractivity contribution in [2.24, 2.45) is 0 Å². The van der Waals surface area contributed by atoms with E-state index in [9.17, 15) is 0 Å². The van der Waals surface area contributed by atoms with Crippen molar-refractivity contribution < 1.29 is 4.74 Å². The molecule has 200 valence electrons. The molecule has 0 spiro atoms. The number of fused-ring (bicyclic) bond motifs is 2. The monoisotopic (exact) mass is 529 g/mol. The molecule has 1 aliphatic rings. The number of piperidine rings is 1. The Morgan fingerprint density at radius 2 is 1.82 bits per heavy atom. The number of methoxy groups -OCH3 is 1. The quantitative estimate of drug-likeness (QED) is 0.239. The molecule has 0 unspecified atom stereocenters. The molecule has 0 radical (unpaired) electrons. The Kier molecular flexibility index (Phi) is 6.37. The molecule has 3 aromatic heterocycles. The van der Waals surface area contributed by atoms with E-state index in [2.05, 4.69) is 66.4 Å². The van der Waals surface area contributed by atoms with Gasteiger partial charge in [-0.1, -0.05) is 36.8 Å².